The van der Waals surface area contributed by atoms with Crippen LogP contribution in [0.4, 0.5) is 5.69 Å². The summed E-state index contributed by atoms with van der Waals surface area (Å²) in [5, 5.41) is 2.48. The monoisotopic (exact) mass is 323 g/mol. The van der Waals surface area contributed by atoms with Crippen LogP contribution in [0.15, 0.2) is 41.0 Å². The zero-order chi connectivity index (χ0) is 16.5. The van der Waals surface area contributed by atoms with Crippen LogP contribution >= 0.6 is 0 Å². The number of ketones is 1. The highest BCUT2D eigenvalue weighted by molar-refractivity contribution is 7.91. The first-order valence-corrected chi connectivity index (χ1v) is 8.30. The largest absolute Gasteiger partial charge is 0.487 e. The highest BCUT2D eigenvalue weighted by Gasteiger charge is 2.39. The summed E-state index contributed by atoms with van der Waals surface area (Å²) in [5.74, 6) is -1.19. The predicted molar refractivity (Wildman–Crippen MR) is 81.1 cm³/mol. The average Bonchev–Trinajstić information content (AvgIpc) is 2.65. The zero-order valence-electron chi connectivity index (χ0n) is 12.5. The highest BCUT2D eigenvalue weighted by Crippen LogP contribution is 2.29. The van der Waals surface area contributed by atoms with Gasteiger partial charge in [-0.2, -0.15) is 0 Å². The van der Waals surface area contributed by atoms with Crippen molar-refractivity contribution in [2.45, 2.75) is 31.3 Å². The number of hydrogen-bond donors (Lipinski definition) is 1. The topological polar surface area (TPSA) is 89.5 Å². The molecule has 0 saturated heterocycles. The second kappa shape index (κ2) is 5.57. The quantitative estimate of drug-likeness (QED) is 0.910. The number of benzene rings is 1. The fourth-order valence-electron chi connectivity index (χ4n) is 2.12. The fourth-order valence-corrected chi connectivity index (χ4v) is 3.63. The Morgan fingerprint density at radius 3 is 2.45 bits per heavy atom. The van der Waals surface area contributed by atoms with Gasteiger partial charge in [-0.05, 0) is 26.0 Å². The number of carbonyl (C=O) groups is 2. The van der Waals surface area contributed by atoms with Crippen LogP contribution in [0.3, 0.4) is 0 Å². The van der Waals surface area contributed by atoms with Gasteiger partial charge in [0.05, 0.1) is 22.6 Å². The van der Waals surface area contributed by atoms with Crippen molar-refractivity contribution < 1.29 is 22.7 Å². The van der Waals surface area contributed by atoms with E-state index in [1.165, 1.54) is 25.3 Å². The van der Waals surface area contributed by atoms with Crippen LogP contribution in [0.1, 0.15) is 20.8 Å². The number of hydrogen-bond acceptors (Lipinski definition) is 5. The van der Waals surface area contributed by atoms with Crippen LogP contribution in [0.5, 0.6) is 0 Å². The third-order valence-corrected chi connectivity index (χ3v) is 4.93. The summed E-state index contributed by atoms with van der Waals surface area (Å²) in [5.41, 5.74) is -0.744. The molecule has 6 nitrogen and oxygen atoms in total. The lowest BCUT2D eigenvalue weighted by molar-refractivity contribution is -0.127. The minimum Gasteiger partial charge on any atom is -0.487 e. The SMILES string of the molecule is CC(=O)Nc1ccccc1S(=O)(=O)CC1=COC(C)(C)C1=O. The molecular weight excluding hydrogens is 306 g/mol. The molecule has 0 spiro atoms. The normalized spacial score (nSPS) is 16.9. The fraction of sp³-hybridized carbons (Fsp3) is 0.333. The molecule has 1 heterocycles. The summed E-state index contributed by atoms with van der Waals surface area (Å²) in [6.45, 7) is 4.45. The number of carbonyl (C=O) groups excluding carboxylic acids is 2. The standard InChI is InChI=1S/C15H17NO5S/c1-10(17)16-12-6-4-5-7-13(12)22(19,20)9-11-8-21-15(2,3)14(11)18/h4-8H,9H2,1-3H3,(H,16,17). The van der Waals surface area contributed by atoms with Crippen molar-refractivity contribution in [1.29, 1.82) is 0 Å². The van der Waals surface area contributed by atoms with Crippen molar-refractivity contribution in [2.24, 2.45) is 0 Å². The van der Waals surface area contributed by atoms with Gasteiger partial charge >= 0.3 is 0 Å². The number of nitrogens with one attached hydrogen (secondary N) is 1. The van der Waals surface area contributed by atoms with Crippen LogP contribution < -0.4 is 5.32 Å². The molecule has 0 fully saturated rings. The highest BCUT2D eigenvalue weighted by atomic mass is 32.2. The van der Waals surface area contributed by atoms with Crippen molar-refractivity contribution in [2.75, 3.05) is 11.1 Å². The van der Waals surface area contributed by atoms with Crippen molar-refractivity contribution in [3.05, 3.63) is 36.1 Å². The van der Waals surface area contributed by atoms with E-state index in [1.807, 2.05) is 0 Å². The first-order chi connectivity index (χ1) is 10.1. The maximum absolute atomic E-state index is 12.5. The van der Waals surface area contributed by atoms with Gasteiger partial charge in [0.1, 0.15) is 0 Å². The van der Waals surface area contributed by atoms with Crippen LogP contribution in [0.25, 0.3) is 0 Å². The number of sulfone groups is 1. The van der Waals surface area contributed by atoms with E-state index >= 15 is 0 Å². The van der Waals surface area contributed by atoms with Crippen molar-refractivity contribution in [1.82, 2.24) is 0 Å². The Bertz CT molecular complexity index is 762. The maximum Gasteiger partial charge on any atom is 0.221 e. The molecule has 22 heavy (non-hydrogen) atoms. The third-order valence-electron chi connectivity index (χ3n) is 3.21. The van der Waals surface area contributed by atoms with Gasteiger partial charge in [0, 0.05) is 12.5 Å². The van der Waals surface area contributed by atoms with E-state index < -0.39 is 21.2 Å². The second-order valence-corrected chi connectivity index (χ2v) is 7.49. The minimum atomic E-state index is -3.79. The molecule has 1 aliphatic heterocycles. The summed E-state index contributed by atoms with van der Waals surface area (Å²) in [7, 11) is -3.79. The van der Waals surface area contributed by atoms with Crippen LogP contribution in [0.2, 0.25) is 0 Å². The number of rotatable bonds is 4. The number of ether oxygens (including phenoxy) is 1. The summed E-state index contributed by atoms with van der Waals surface area (Å²) in [6, 6.07) is 6.08. The Morgan fingerprint density at radius 2 is 1.91 bits per heavy atom. The summed E-state index contributed by atoms with van der Waals surface area (Å²) >= 11 is 0. The molecule has 0 saturated carbocycles. The van der Waals surface area contributed by atoms with Gasteiger partial charge < -0.3 is 10.1 Å². The Morgan fingerprint density at radius 1 is 1.27 bits per heavy atom. The molecule has 1 aromatic carbocycles. The van der Waals surface area contributed by atoms with E-state index in [2.05, 4.69) is 5.32 Å². The molecule has 0 radical (unpaired) electrons. The van der Waals surface area contributed by atoms with E-state index in [9.17, 15) is 18.0 Å². The molecule has 0 bridgehead atoms. The average molecular weight is 323 g/mol. The Balaban J connectivity index is 2.33. The number of anilines is 1. The van der Waals surface area contributed by atoms with Gasteiger partial charge in [0.25, 0.3) is 0 Å². The lowest BCUT2D eigenvalue weighted by Gasteiger charge is -2.15. The minimum absolute atomic E-state index is 0.0244. The van der Waals surface area contributed by atoms with E-state index in [4.69, 9.17) is 4.74 Å². The Kier molecular flexibility index (Phi) is 4.10. The first kappa shape index (κ1) is 16.2. The van der Waals surface area contributed by atoms with Crippen molar-refractivity contribution >= 4 is 27.2 Å². The molecule has 0 aromatic heterocycles. The third kappa shape index (κ3) is 3.19. The second-order valence-electron chi connectivity index (χ2n) is 5.54. The predicted octanol–water partition coefficient (Wildman–Crippen LogP) is 1.68. The molecule has 0 aliphatic carbocycles. The molecule has 1 N–H and O–H groups in total. The lowest BCUT2D eigenvalue weighted by Crippen LogP contribution is -2.30. The van der Waals surface area contributed by atoms with E-state index in [0.717, 1.165) is 0 Å². The van der Waals surface area contributed by atoms with Gasteiger partial charge in [-0.15, -0.1) is 0 Å². The van der Waals surface area contributed by atoms with Gasteiger partial charge in [0.15, 0.2) is 15.4 Å². The molecular formula is C15H17NO5S. The van der Waals surface area contributed by atoms with Gasteiger partial charge in [-0.25, -0.2) is 8.42 Å². The molecule has 1 amide bonds. The molecule has 1 aliphatic rings. The first-order valence-electron chi connectivity index (χ1n) is 6.64. The number of para-hydroxylation sites is 1. The molecule has 7 heteroatoms. The van der Waals surface area contributed by atoms with E-state index in [0.29, 0.717) is 0 Å². The molecule has 2 rings (SSSR count). The number of amides is 1. The van der Waals surface area contributed by atoms with Crippen LogP contribution in [-0.4, -0.2) is 31.5 Å². The summed E-state index contributed by atoms with van der Waals surface area (Å²) in [6.07, 6.45) is 1.20. The molecule has 0 unspecified atom stereocenters. The van der Waals surface area contributed by atoms with E-state index in [-0.39, 0.29) is 27.8 Å². The van der Waals surface area contributed by atoms with Crippen molar-refractivity contribution in [3.63, 3.8) is 0 Å². The van der Waals surface area contributed by atoms with Crippen molar-refractivity contribution in [3.8, 4) is 0 Å². The Labute approximate surface area is 129 Å². The summed E-state index contributed by atoms with van der Waals surface area (Å²) in [4.78, 5) is 23.2. The Hall–Kier alpha value is -2.15. The zero-order valence-corrected chi connectivity index (χ0v) is 13.4. The van der Waals surface area contributed by atoms with Gasteiger partial charge in [-0.1, -0.05) is 12.1 Å². The maximum atomic E-state index is 12.5. The van der Waals surface area contributed by atoms with Crippen LogP contribution in [-0.2, 0) is 24.2 Å². The van der Waals surface area contributed by atoms with Gasteiger partial charge in [0.2, 0.25) is 11.7 Å². The lowest BCUT2D eigenvalue weighted by atomic mass is 10.0. The smallest absolute Gasteiger partial charge is 0.221 e. The number of Topliss-reactive ketones (excluding diaryl/α,β-unsaturated/α-hetero) is 1. The summed E-state index contributed by atoms with van der Waals surface area (Å²) < 4.78 is 30.3. The van der Waals surface area contributed by atoms with Gasteiger partial charge in [-0.3, -0.25) is 9.59 Å². The molecule has 118 valence electrons. The van der Waals surface area contributed by atoms with E-state index in [1.54, 1.807) is 26.0 Å². The molecule has 0 atom stereocenters. The molecule has 1 aromatic rings. The van der Waals surface area contributed by atoms with Crippen LogP contribution in [0, 0.1) is 0 Å².